The van der Waals surface area contributed by atoms with Gasteiger partial charge >= 0.3 is 5.97 Å². The lowest BCUT2D eigenvalue weighted by molar-refractivity contribution is 0.0429. The van der Waals surface area contributed by atoms with Crippen LogP contribution in [0, 0.1) is 6.92 Å². The number of carbonyl (C=O) groups excluding carboxylic acids is 1. The zero-order chi connectivity index (χ0) is 23.4. The van der Waals surface area contributed by atoms with Crippen LogP contribution in [0.2, 0.25) is 0 Å². The predicted molar refractivity (Wildman–Crippen MR) is 122 cm³/mol. The Bertz CT molecular complexity index is 1350. The van der Waals surface area contributed by atoms with Crippen molar-refractivity contribution in [2.75, 3.05) is 11.4 Å². The molecule has 1 aromatic heterocycles. The van der Waals surface area contributed by atoms with Gasteiger partial charge in [0.1, 0.15) is 0 Å². The van der Waals surface area contributed by atoms with Crippen LogP contribution in [0.5, 0.6) is 0 Å². The minimum absolute atomic E-state index is 0.0602. The minimum atomic E-state index is -3.77. The topological polar surface area (TPSA) is 103 Å². The number of sulfonamides is 1. The van der Waals surface area contributed by atoms with Gasteiger partial charge in [-0.05, 0) is 43.3 Å². The lowest BCUT2D eigenvalue weighted by Gasteiger charge is -2.19. The Balaban J connectivity index is 1.40. The number of benzene rings is 3. The Hall–Kier alpha value is -3.98. The molecule has 0 saturated carbocycles. The van der Waals surface area contributed by atoms with E-state index in [0.717, 1.165) is 11.1 Å². The second-order valence-electron chi connectivity index (χ2n) is 7.29. The van der Waals surface area contributed by atoms with Crippen LogP contribution >= 0.6 is 0 Å². The minimum Gasteiger partial charge on any atom is -0.452 e. The van der Waals surface area contributed by atoms with Crippen molar-refractivity contribution < 1.29 is 22.5 Å². The summed E-state index contributed by atoms with van der Waals surface area (Å²) in [6, 6.07) is 21.9. The lowest BCUT2D eigenvalue weighted by atomic mass is 10.1. The first-order valence-corrected chi connectivity index (χ1v) is 11.5. The number of hydrogen-bond acceptors (Lipinski definition) is 7. The third-order valence-corrected chi connectivity index (χ3v) is 6.77. The molecule has 0 spiro atoms. The number of aryl methyl sites for hydroxylation is 1. The smallest absolute Gasteiger partial charge is 0.338 e. The fourth-order valence-corrected chi connectivity index (χ4v) is 4.24. The number of esters is 1. The largest absolute Gasteiger partial charge is 0.452 e. The van der Waals surface area contributed by atoms with E-state index >= 15 is 0 Å². The molecular weight excluding hydrogens is 442 g/mol. The molecule has 33 heavy (non-hydrogen) atoms. The van der Waals surface area contributed by atoms with E-state index in [1.165, 1.54) is 35.6 Å². The normalized spacial score (nSPS) is 11.2. The molecule has 8 nitrogen and oxygen atoms in total. The maximum Gasteiger partial charge on any atom is 0.338 e. The van der Waals surface area contributed by atoms with Crippen molar-refractivity contribution in [2.45, 2.75) is 18.4 Å². The molecule has 0 aliphatic heterocycles. The lowest BCUT2D eigenvalue weighted by Crippen LogP contribution is -2.26. The van der Waals surface area contributed by atoms with Gasteiger partial charge in [-0.2, -0.15) is 4.98 Å². The molecule has 168 valence electrons. The van der Waals surface area contributed by atoms with Gasteiger partial charge in [0.15, 0.2) is 6.61 Å². The first-order valence-electron chi connectivity index (χ1n) is 10.1. The Morgan fingerprint density at radius 2 is 1.64 bits per heavy atom. The van der Waals surface area contributed by atoms with Crippen molar-refractivity contribution in [1.82, 2.24) is 10.1 Å². The van der Waals surface area contributed by atoms with Crippen molar-refractivity contribution in [3.63, 3.8) is 0 Å². The van der Waals surface area contributed by atoms with Crippen LogP contribution in [0.4, 0.5) is 5.69 Å². The van der Waals surface area contributed by atoms with Gasteiger partial charge < -0.3 is 9.26 Å². The molecule has 0 unspecified atom stereocenters. The molecule has 0 fully saturated rings. The average Bonchev–Trinajstić information content (AvgIpc) is 3.32. The van der Waals surface area contributed by atoms with Gasteiger partial charge in [-0.15, -0.1) is 0 Å². The summed E-state index contributed by atoms with van der Waals surface area (Å²) >= 11 is 0. The second-order valence-corrected chi connectivity index (χ2v) is 9.26. The van der Waals surface area contributed by atoms with Gasteiger partial charge in [-0.1, -0.05) is 53.2 Å². The molecule has 1 heterocycles. The van der Waals surface area contributed by atoms with Crippen molar-refractivity contribution in [2.24, 2.45) is 0 Å². The van der Waals surface area contributed by atoms with E-state index < -0.39 is 16.0 Å². The molecule has 0 radical (unpaired) electrons. The van der Waals surface area contributed by atoms with E-state index in [0.29, 0.717) is 11.5 Å². The van der Waals surface area contributed by atoms with Gasteiger partial charge in [0.2, 0.25) is 5.82 Å². The van der Waals surface area contributed by atoms with E-state index in [4.69, 9.17) is 9.26 Å². The summed E-state index contributed by atoms with van der Waals surface area (Å²) in [5.74, 6) is -0.0776. The number of ether oxygens (including phenoxy) is 1. The van der Waals surface area contributed by atoms with Crippen LogP contribution in [0.3, 0.4) is 0 Å². The highest BCUT2D eigenvalue weighted by atomic mass is 32.2. The number of nitrogens with zero attached hydrogens (tertiary/aromatic N) is 3. The maximum atomic E-state index is 12.8. The average molecular weight is 464 g/mol. The predicted octanol–water partition coefficient (Wildman–Crippen LogP) is 4.23. The summed E-state index contributed by atoms with van der Waals surface area (Å²) < 4.78 is 37.2. The Morgan fingerprint density at radius 3 is 2.30 bits per heavy atom. The standard InChI is InChI=1S/C24H21N3O5S/c1-17-8-10-18(11-9-17)23-25-22(32-26-23)16-31-24(28)19-12-14-21(15-13-19)33(29,30)27(2)20-6-4-3-5-7-20/h3-15H,16H2,1-2H3. The molecule has 0 aliphatic carbocycles. The van der Waals surface area contributed by atoms with E-state index in [1.807, 2.05) is 37.3 Å². The monoisotopic (exact) mass is 463 g/mol. The Labute approximate surface area is 191 Å². The summed E-state index contributed by atoms with van der Waals surface area (Å²) in [7, 11) is -2.29. The van der Waals surface area contributed by atoms with Crippen molar-refractivity contribution in [1.29, 1.82) is 0 Å². The van der Waals surface area contributed by atoms with Crippen LogP contribution in [-0.4, -0.2) is 31.6 Å². The molecule has 0 aliphatic rings. The highest BCUT2D eigenvalue weighted by Crippen LogP contribution is 2.22. The molecule has 4 aromatic rings. The summed E-state index contributed by atoms with van der Waals surface area (Å²) in [6.07, 6.45) is 0. The van der Waals surface area contributed by atoms with Gasteiger partial charge in [-0.25, -0.2) is 13.2 Å². The molecule has 0 N–H and O–H groups in total. The van der Waals surface area contributed by atoms with Crippen molar-refractivity contribution in [3.8, 4) is 11.4 Å². The first kappa shape index (κ1) is 22.2. The Kier molecular flexibility index (Phi) is 6.23. The van der Waals surface area contributed by atoms with Crippen molar-refractivity contribution >= 4 is 21.7 Å². The van der Waals surface area contributed by atoms with Gasteiger partial charge in [0.05, 0.1) is 16.1 Å². The summed E-state index contributed by atoms with van der Waals surface area (Å²) in [4.78, 5) is 16.7. The molecule has 0 atom stereocenters. The van der Waals surface area contributed by atoms with Gasteiger partial charge in [0, 0.05) is 12.6 Å². The molecule has 9 heteroatoms. The molecule has 3 aromatic carbocycles. The molecule has 0 amide bonds. The summed E-state index contributed by atoms with van der Waals surface area (Å²) in [5, 5.41) is 3.90. The quantitative estimate of drug-likeness (QED) is 0.378. The second kappa shape index (κ2) is 9.25. The third kappa shape index (κ3) is 4.93. The number of hydrogen-bond donors (Lipinski definition) is 0. The van der Waals surface area contributed by atoms with Gasteiger partial charge in [-0.3, -0.25) is 4.31 Å². The SMILES string of the molecule is Cc1ccc(-c2noc(COC(=O)c3ccc(S(=O)(=O)N(C)c4ccccc4)cc3)n2)cc1. The van der Waals surface area contributed by atoms with Crippen LogP contribution < -0.4 is 4.31 Å². The van der Waals surface area contributed by atoms with E-state index in [2.05, 4.69) is 10.1 Å². The highest BCUT2D eigenvalue weighted by Gasteiger charge is 2.22. The molecule has 0 bridgehead atoms. The number of carbonyl (C=O) groups is 1. The van der Waals surface area contributed by atoms with Gasteiger partial charge in [0.25, 0.3) is 15.9 Å². The maximum absolute atomic E-state index is 12.8. The van der Waals surface area contributed by atoms with Crippen LogP contribution in [-0.2, 0) is 21.4 Å². The van der Waals surface area contributed by atoms with Crippen molar-refractivity contribution in [3.05, 3.63) is 95.9 Å². The summed E-state index contributed by atoms with van der Waals surface area (Å²) in [5.41, 5.74) is 2.64. The third-order valence-electron chi connectivity index (χ3n) is 4.97. The fourth-order valence-electron chi connectivity index (χ4n) is 3.04. The van der Waals surface area contributed by atoms with E-state index in [1.54, 1.807) is 24.3 Å². The van der Waals surface area contributed by atoms with E-state index in [-0.39, 0.29) is 23.0 Å². The van der Waals surface area contributed by atoms with Crippen LogP contribution in [0.15, 0.2) is 88.3 Å². The number of para-hydroxylation sites is 1. The number of anilines is 1. The fraction of sp³-hybridized carbons (Fsp3) is 0.125. The Morgan fingerprint density at radius 1 is 0.970 bits per heavy atom. The number of rotatable bonds is 7. The zero-order valence-corrected chi connectivity index (χ0v) is 18.8. The van der Waals surface area contributed by atoms with Crippen LogP contribution in [0.1, 0.15) is 21.8 Å². The molecule has 0 saturated heterocycles. The van der Waals surface area contributed by atoms with E-state index in [9.17, 15) is 13.2 Å². The van der Waals surface area contributed by atoms with Crippen LogP contribution in [0.25, 0.3) is 11.4 Å². The molecular formula is C24H21N3O5S. The first-order chi connectivity index (χ1) is 15.8. The summed E-state index contributed by atoms with van der Waals surface area (Å²) in [6.45, 7) is 1.78. The number of aromatic nitrogens is 2. The zero-order valence-electron chi connectivity index (χ0n) is 18.0. The molecule has 4 rings (SSSR count). The highest BCUT2D eigenvalue weighted by molar-refractivity contribution is 7.92.